The van der Waals surface area contributed by atoms with Crippen LogP contribution in [-0.4, -0.2) is 33.7 Å². The summed E-state index contributed by atoms with van der Waals surface area (Å²) in [7, 11) is 0. The van der Waals surface area contributed by atoms with Crippen molar-refractivity contribution in [2.45, 2.75) is 18.2 Å². The summed E-state index contributed by atoms with van der Waals surface area (Å²) >= 11 is 3.67. The number of pyridine rings is 1. The van der Waals surface area contributed by atoms with E-state index < -0.39 is 0 Å². The van der Waals surface area contributed by atoms with Gasteiger partial charge in [-0.2, -0.15) is 0 Å². The molecule has 2 heterocycles. The highest BCUT2D eigenvalue weighted by Gasteiger charge is 2.28. The molecule has 1 aliphatic rings. The quantitative estimate of drug-likeness (QED) is 0.749. The van der Waals surface area contributed by atoms with E-state index >= 15 is 0 Å². The number of rotatable bonds is 1. The average molecular weight is 333 g/mol. The van der Waals surface area contributed by atoms with E-state index in [0.717, 1.165) is 30.3 Å². The van der Waals surface area contributed by atoms with E-state index in [2.05, 4.69) is 27.8 Å². The van der Waals surface area contributed by atoms with Crippen molar-refractivity contribution in [2.24, 2.45) is 5.92 Å². The van der Waals surface area contributed by atoms with Crippen molar-refractivity contribution < 1.29 is 4.79 Å². The van der Waals surface area contributed by atoms with E-state index in [4.69, 9.17) is 0 Å². The molecule has 104 valence electrons. The van der Waals surface area contributed by atoms with Crippen LogP contribution in [0.2, 0.25) is 0 Å². The molecule has 3 rings (SSSR count). The van der Waals surface area contributed by atoms with Crippen molar-refractivity contribution in [3.8, 4) is 0 Å². The summed E-state index contributed by atoms with van der Waals surface area (Å²) in [6.07, 6.45) is 2.72. The predicted octanol–water partition coefficient (Wildman–Crippen LogP) is 3.48. The van der Waals surface area contributed by atoms with Crippen LogP contribution in [0.15, 0.2) is 36.5 Å². The number of hydrogen-bond acceptors (Lipinski definition) is 2. The highest BCUT2D eigenvalue weighted by atomic mass is 79.9. The minimum atomic E-state index is 0.0491. The number of alkyl halides is 1. The molecule has 0 N–H and O–H groups in total. The summed E-state index contributed by atoms with van der Waals surface area (Å²) in [4.78, 5) is 19.5. The van der Waals surface area contributed by atoms with Gasteiger partial charge in [0.2, 0.25) is 0 Å². The summed E-state index contributed by atoms with van der Waals surface area (Å²) in [5.41, 5.74) is 0.573. The van der Waals surface area contributed by atoms with Gasteiger partial charge < -0.3 is 4.90 Å². The lowest BCUT2D eigenvalue weighted by Gasteiger charge is -2.34. The molecular formula is C16H17BrN2O. The first-order valence-corrected chi connectivity index (χ1v) is 7.85. The minimum absolute atomic E-state index is 0.0491. The molecule has 0 saturated carbocycles. The van der Waals surface area contributed by atoms with Crippen LogP contribution in [0, 0.1) is 5.92 Å². The lowest BCUT2D eigenvalue weighted by Crippen LogP contribution is -2.43. The van der Waals surface area contributed by atoms with Crippen molar-refractivity contribution in [1.82, 2.24) is 9.88 Å². The van der Waals surface area contributed by atoms with Crippen LogP contribution in [0.25, 0.3) is 10.8 Å². The normalized spacial score (nSPS) is 23.0. The van der Waals surface area contributed by atoms with Crippen LogP contribution in [0.5, 0.6) is 0 Å². The highest BCUT2D eigenvalue weighted by molar-refractivity contribution is 9.09. The fourth-order valence-corrected chi connectivity index (χ4v) is 3.11. The van der Waals surface area contributed by atoms with E-state index in [1.807, 2.05) is 35.2 Å². The van der Waals surface area contributed by atoms with Gasteiger partial charge in [0.05, 0.1) is 0 Å². The molecule has 0 radical (unpaired) electrons. The van der Waals surface area contributed by atoms with Gasteiger partial charge in [0.25, 0.3) is 5.91 Å². The fraction of sp³-hybridized carbons (Fsp3) is 0.375. The average Bonchev–Trinajstić information content (AvgIpc) is 2.49. The number of carbonyl (C=O) groups is 1. The van der Waals surface area contributed by atoms with Gasteiger partial charge in [0, 0.05) is 29.5 Å². The Kier molecular flexibility index (Phi) is 3.74. The SMILES string of the molecule is CC1CN(C(=O)c2nccc3ccccc23)CCC1Br. The first-order chi connectivity index (χ1) is 9.66. The number of aromatic nitrogens is 1. The number of likely N-dealkylation sites (tertiary alicyclic amines) is 1. The molecule has 20 heavy (non-hydrogen) atoms. The van der Waals surface area contributed by atoms with E-state index in [9.17, 15) is 4.79 Å². The zero-order valence-corrected chi connectivity index (χ0v) is 13.0. The van der Waals surface area contributed by atoms with Crippen LogP contribution in [0.1, 0.15) is 23.8 Å². The second kappa shape index (κ2) is 5.52. The topological polar surface area (TPSA) is 33.2 Å². The monoisotopic (exact) mass is 332 g/mol. The van der Waals surface area contributed by atoms with Crippen molar-refractivity contribution in [2.75, 3.05) is 13.1 Å². The largest absolute Gasteiger partial charge is 0.337 e. The summed E-state index contributed by atoms with van der Waals surface area (Å²) in [5.74, 6) is 0.524. The standard InChI is InChI=1S/C16H17BrN2O/c1-11-10-19(9-7-14(11)17)16(20)15-13-5-3-2-4-12(13)6-8-18-15/h2-6,8,11,14H,7,9-10H2,1H3. The summed E-state index contributed by atoms with van der Waals surface area (Å²) in [6.45, 7) is 3.76. The number of nitrogens with zero attached hydrogens (tertiary/aromatic N) is 2. The second-order valence-electron chi connectivity index (χ2n) is 5.41. The Morgan fingerprint density at radius 3 is 2.95 bits per heavy atom. The van der Waals surface area contributed by atoms with Crippen LogP contribution in [0.4, 0.5) is 0 Å². The number of hydrogen-bond donors (Lipinski definition) is 0. The molecule has 0 bridgehead atoms. The third-order valence-corrected chi connectivity index (χ3v) is 5.32. The van der Waals surface area contributed by atoms with Gasteiger partial charge in [0.1, 0.15) is 5.69 Å². The number of fused-ring (bicyclic) bond motifs is 1. The van der Waals surface area contributed by atoms with Crippen molar-refractivity contribution in [3.63, 3.8) is 0 Å². The first kappa shape index (κ1) is 13.6. The van der Waals surface area contributed by atoms with Crippen LogP contribution >= 0.6 is 15.9 Å². The Bertz CT molecular complexity index is 638. The molecule has 0 aliphatic carbocycles. The third kappa shape index (κ3) is 2.44. The molecule has 1 aromatic heterocycles. The molecule has 2 atom stereocenters. The molecule has 2 unspecified atom stereocenters. The van der Waals surface area contributed by atoms with Gasteiger partial charge in [-0.3, -0.25) is 9.78 Å². The Balaban J connectivity index is 1.93. The van der Waals surface area contributed by atoms with Gasteiger partial charge >= 0.3 is 0 Å². The Hall–Kier alpha value is -1.42. The molecule has 1 amide bonds. The third-order valence-electron chi connectivity index (χ3n) is 3.96. The molecule has 0 spiro atoms. The minimum Gasteiger partial charge on any atom is -0.337 e. The molecule has 1 aliphatic heterocycles. The van der Waals surface area contributed by atoms with E-state index in [1.54, 1.807) is 6.20 Å². The summed E-state index contributed by atoms with van der Waals surface area (Å²) < 4.78 is 0. The zero-order valence-electron chi connectivity index (χ0n) is 11.4. The van der Waals surface area contributed by atoms with Crippen molar-refractivity contribution in [1.29, 1.82) is 0 Å². The molecule has 3 nitrogen and oxygen atoms in total. The van der Waals surface area contributed by atoms with E-state index in [0.29, 0.717) is 16.4 Å². The zero-order chi connectivity index (χ0) is 14.1. The van der Waals surface area contributed by atoms with Crippen LogP contribution < -0.4 is 0 Å². The Labute approximate surface area is 127 Å². The van der Waals surface area contributed by atoms with Gasteiger partial charge in [-0.15, -0.1) is 0 Å². The van der Waals surface area contributed by atoms with Gasteiger partial charge in [0.15, 0.2) is 0 Å². The van der Waals surface area contributed by atoms with E-state index in [1.165, 1.54) is 0 Å². The number of piperidine rings is 1. The van der Waals surface area contributed by atoms with E-state index in [-0.39, 0.29) is 5.91 Å². The Morgan fingerprint density at radius 1 is 1.35 bits per heavy atom. The summed E-state index contributed by atoms with van der Waals surface area (Å²) in [6, 6.07) is 9.86. The maximum absolute atomic E-state index is 12.7. The smallest absolute Gasteiger partial charge is 0.273 e. The van der Waals surface area contributed by atoms with Crippen LogP contribution in [-0.2, 0) is 0 Å². The van der Waals surface area contributed by atoms with Crippen LogP contribution in [0.3, 0.4) is 0 Å². The number of amides is 1. The molecule has 4 heteroatoms. The Morgan fingerprint density at radius 2 is 2.15 bits per heavy atom. The van der Waals surface area contributed by atoms with Gasteiger partial charge in [-0.1, -0.05) is 47.1 Å². The van der Waals surface area contributed by atoms with Crippen molar-refractivity contribution >= 4 is 32.6 Å². The second-order valence-corrected chi connectivity index (χ2v) is 6.59. The molecule has 2 aromatic rings. The van der Waals surface area contributed by atoms with Gasteiger partial charge in [-0.05, 0) is 23.8 Å². The predicted molar refractivity (Wildman–Crippen MR) is 84.1 cm³/mol. The lowest BCUT2D eigenvalue weighted by atomic mass is 9.99. The number of carbonyl (C=O) groups excluding carboxylic acids is 1. The summed E-state index contributed by atoms with van der Waals surface area (Å²) in [5, 5.41) is 2.00. The first-order valence-electron chi connectivity index (χ1n) is 6.94. The van der Waals surface area contributed by atoms with Crippen molar-refractivity contribution in [3.05, 3.63) is 42.2 Å². The number of benzene rings is 1. The highest BCUT2D eigenvalue weighted by Crippen LogP contribution is 2.25. The lowest BCUT2D eigenvalue weighted by molar-refractivity contribution is 0.0687. The molecule has 1 saturated heterocycles. The van der Waals surface area contributed by atoms with Gasteiger partial charge in [-0.25, -0.2) is 0 Å². The molecule has 1 aromatic carbocycles. The molecule has 1 fully saturated rings. The fourth-order valence-electron chi connectivity index (χ4n) is 2.74. The molecular weight excluding hydrogens is 316 g/mol. The maximum Gasteiger partial charge on any atom is 0.273 e. The maximum atomic E-state index is 12.7. The number of halogens is 1.